The topological polar surface area (TPSA) is 135 Å². The molecule has 0 aliphatic carbocycles. The molecule has 0 unspecified atom stereocenters. The van der Waals surface area contributed by atoms with Crippen molar-refractivity contribution in [2.45, 2.75) is 0 Å². The van der Waals surface area contributed by atoms with E-state index in [9.17, 15) is 10.1 Å². The van der Waals surface area contributed by atoms with Crippen LogP contribution in [0.4, 0.5) is 17.5 Å². The number of anilines is 2. The molecule has 3 aromatic heterocycles. The number of benzene rings is 1. The monoisotopic (exact) mass is 542 g/mol. The number of H-pyrrole nitrogens is 1. The van der Waals surface area contributed by atoms with Crippen molar-refractivity contribution in [1.82, 2.24) is 24.9 Å². The number of nitrogens with one attached hydrogen (secondary N) is 3. The minimum Gasteiger partial charge on any atom is -0.368 e. The summed E-state index contributed by atoms with van der Waals surface area (Å²) in [4.78, 5) is 30.6. The van der Waals surface area contributed by atoms with Gasteiger partial charge in [-0.2, -0.15) is 0 Å². The molecule has 178 valence electrons. The maximum absolute atomic E-state index is 10.7. The fraction of sp³-hybridized carbons (Fsp3) is 0.100. The molecule has 14 heteroatoms. The summed E-state index contributed by atoms with van der Waals surface area (Å²) in [5, 5.41) is 17.9. The average molecular weight is 544 g/mol. The minimum absolute atomic E-state index is 0. The van der Waals surface area contributed by atoms with E-state index in [2.05, 4.69) is 35.6 Å². The van der Waals surface area contributed by atoms with Gasteiger partial charge in [0.15, 0.2) is 0 Å². The van der Waals surface area contributed by atoms with Crippen molar-refractivity contribution in [3.8, 4) is 22.6 Å². The molecule has 0 fully saturated rings. The van der Waals surface area contributed by atoms with Crippen LogP contribution < -0.4 is 10.6 Å². The molecule has 0 aliphatic rings. The first-order chi connectivity index (χ1) is 15.5. The summed E-state index contributed by atoms with van der Waals surface area (Å²) in [5.41, 5.74) is 1.93. The second-order valence-electron chi connectivity index (χ2n) is 6.53. The molecule has 4 aromatic rings. The van der Waals surface area contributed by atoms with Crippen molar-refractivity contribution in [2.24, 2.45) is 0 Å². The molecule has 3 heterocycles. The third kappa shape index (κ3) is 6.45. The van der Waals surface area contributed by atoms with Crippen LogP contribution >= 0.6 is 48.0 Å². The normalized spacial score (nSPS) is 10.1. The van der Waals surface area contributed by atoms with Crippen molar-refractivity contribution in [2.75, 3.05) is 23.7 Å². The summed E-state index contributed by atoms with van der Waals surface area (Å²) in [6.45, 7) is 0.970. The molecular weight excluding hydrogens is 526 g/mol. The molecule has 3 N–H and O–H groups in total. The Kier molecular flexibility index (Phi) is 9.82. The maximum Gasteiger partial charge on any atom is 0.287 e. The lowest BCUT2D eigenvalue weighted by atomic mass is 10.1. The standard InChI is InChI=1S/C20H16Cl2N8O2.2ClH/c21-12-1-3-14(16(22)9-12)18-15(19-24-6-7-25-19)11-28-20(29-18)26-8-5-23-17-4-2-13(10-27-17)30(31)32;;/h1-4,6-7,9-11H,5,8H2,(H,23,27)(H,24,25)(H,26,28,29);2*1H. The van der Waals surface area contributed by atoms with Gasteiger partial charge in [-0.25, -0.2) is 19.9 Å². The molecule has 0 bridgehead atoms. The Morgan fingerprint density at radius 2 is 1.76 bits per heavy atom. The molecule has 4 rings (SSSR count). The van der Waals surface area contributed by atoms with Crippen molar-refractivity contribution in [3.63, 3.8) is 0 Å². The van der Waals surface area contributed by atoms with Gasteiger partial charge < -0.3 is 15.6 Å². The van der Waals surface area contributed by atoms with Crippen LogP contribution in [0.2, 0.25) is 10.0 Å². The molecule has 0 saturated carbocycles. The van der Waals surface area contributed by atoms with Crippen LogP contribution in [0.5, 0.6) is 0 Å². The quantitative estimate of drug-likeness (QED) is 0.150. The van der Waals surface area contributed by atoms with Crippen LogP contribution in [0.1, 0.15) is 0 Å². The van der Waals surface area contributed by atoms with Crippen molar-refractivity contribution in [3.05, 3.63) is 75.3 Å². The Morgan fingerprint density at radius 3 is 2.41 bits per heavy atom. The first-order valence-electron chi connectivity index (χ1n) is 9.41. The molecule has 0 amide bonds. The largest absolute Gasteiger partial charge is 0.368 e. The number of aromatic amines is 1. The lowest BCUT2D eigenvalue weighted by Crippen LogP contribution is -2.16. The Morgan fingerprint density at radius 1 is 0.971 bits per heavy atom. The van der Waals surface area contributed by atoms with Crippen molar-refractivity contribution >= 4 is 65.5 Å². The van der Waals surface area contributed by atoms with Gasteiger partial charge in [-0.1, -0.05) is 23.2 Å². The van der Waals surface area contributed by atoms with E-state index in [-0.39, 0.29) is 30.5 Å². The Labute approximate surface area is 216 Å². The predicted molar refractivity (Wildman–Crippen MR) is 137 cm³/mol. The van der Waals surface area contributed by atoms with Gasteiger partial charge in [0.05, 0.1) is 21.2 Å². The van der Waals surface area contributed by atoms with E-state index in [1.807, 2.05) is 0 Å². The van der Waals surface area contributed by atoms with Crippen LogP contribution in [-0.4, -0.2) is 42.9 Å². The highest BCUT2D eigenvalue weighted by Gasteiger charge is 2.16. The number of imidazole rings is 1. The third-order valence-electron chi connectivity index (χ3n) is 4.40. The van der Waals surface area contributed by atoms with E-state index in [1.165, 1.54) is 12.3 Å². The van der Waals surface area contributed by atoms with Gasteiger partial charge in [-0.3, -0.25) is 10.1 Å². The number of nitro groups is 1. The van der Waals surface area contributed by atoms with Gasteiger partial charge in [-0.15, -0.1) is 24.8 Å². The fourth-order valence-corrected chi connectivity index (χ4v) is 3.40. The summed E-state index contributed by atoms with van der Waals surface area (Å²) in [5.74, 6) is 1.54. The zero-order valence-corrected chi connectivity index (χ0v) is 20.4. The first kappa shape index (κ1) is 27.1. The number of hydrogen-bond acceptors (Lipinski definition) is 8. The van der Waals surface area contributed by atoms with Gasteiger partial charge >= 0.3 is 0 Å². The molecule has 10 nitrogen and oxygen atoms in total. The zero-order chi connectivity index (χ0) is 22.5. The minimum atomic E-state index is -0.493. The van der Waals surface area contributed by atoms with Crippen molar-refractivity contribution < 1.29 is 4.92 Å². The van der Waals surface area contributed by atoms with Crippen LogP contribution in [0.25, 0.3) is 22.6 Å². The summed E-state index contributed by atoms with van der Waals surface area (Å²) in [6.07, 6.45) is 6.23. The molecular formula is C20H18Cl4N8O2. The van der Waals surface area contributed by atoms with Gasteiger partial charge in [-0.05, 0) is 24.3 Å². The Bertz CT molecular complexity index is 1240. The molecule has 0 radical (unpaired) electrons. The highest BCUT2D eigenvalue weighted by Crippen LogP contribution is 2.34. The summed E-state index contributed by atoms with van der Waals surface area (Å²) >= 11 is 12.5. The van der Waals surface area contributed by atoms with E-state index < -0.39 is 4.92 Å². The fourth-order valence-electron chi connectivity index (χ4n) is 2.90. The number of aromatic nitrogens is 5. The highest BCUT2D eigenvalue weighted by molar-refractivity contribution is 6.36. The number of hydrogen-bond donors (Lipinski definition) is 3. The zero-order valence-electron chi connectivity index (χ0n) is 17.2. The smallest absolute Gasteiger partial charge is 0.287 e. The van der Waals surface area contributed by atoms with Crippen LogP contribution in [0, 0.1) is 10.1 Å². The molecule has 0 saturated heterocycles. The number of pyridine rings is 1. The summed E-state index contributed by atoms with van der Waals surface area (Å²) in [7, 11) is 0. The van der Waals surface area contributed by atoms with E-state index in [0.29, 0.717) is 57.5 Å². The Balaban J connectivity index is 0.00000204. The molecule has 0 aliphatic heterocycles. The third-order valence-corrected chi connectivity index (χ3v) is 4.95. The van der Waals surface area contributed by atoms with Gasteiger partial charge in [0.1, 0.15) is 17.8 Å². The molecule has 0 atom stereocenters. The molecule has 1 aromatic carbocycles. The maximum atomic E-state index is 10.7. The van der Waals surface area contributed by atoms with Gasteiger partial charge in [0.25, 0.3) is 5.69 Å². The summed E-state index contributed by atoms with van der Waals surface area (Å²) < 4.78 is 0. The van der Waals surface area contributed by atoms with Gasteiger partial charge in [0, 0.05) is 48.3 Å². The number of rotatable bonds is 8. The van der Waals surface area contributed by atoms with Crippen molar-refractivity contribution in [1.29, 1.82) is 0 Å². The lowest BCUT2D eigenvalue weighted by molar-refractivity contribution is -0.385. The van der Waals surface area contributed by atoms with Gasteiger partial charge in [0.2, 0.25) is 5.95 Å². The summed E-state index contributed by atoms with van der Waals surface area (Å²) in [6, 6.07) is 8.13. The van der Waals surface area contributed by atoms with Crippen LogP contribution in [-0.2, 0) is 0 Å². The number of nitrogens with zero attached hydrogens (tertiary/aromatic N) is 5. The predicted octanol–water partition coefficient (Wildman–Crippen LogP) is 5.51. The number of halogens is 4. The lowest BCUT2D eigenvalue weighted by Gasteiger charge is -2.12. The second kappa shape index (κ2) is 12.3. The van der Waals surface area contributed by atoms with E-state index in [0.717, 1.165) is 0 Å². The molecule has 0 spiro atoms. The molecule has 34 heavy (non-hydrogen) atoms. The van der Waals surface area contributed by atoms with Crippen LogP contribution in [0.3, 0.4) is 0 Å². The second-order valence-corrected chi connectivity index (χ2v) is 7.37. The SMILES string of the molecule is Cl.Cl.O=[N+]([O-])c1ccc(NCCNc2ncc(-c3ncc[nH]3)c(-c3ccc(Cl)cc3Cl)n2)nc1. The van der Waals surface area contributed by atoms with Crippen LogP contribution in [0.15, 0.2) is 55.1 Å². The highest BCUT2D eigenvalue weighted by atomic mass is 35.5. The van der Waals surface area contributed by atoms with E-state index in [4.69, 9.17) is 23.2 Å². The Hall–Kier alpha value is -3.18. The first-order valence-corrected chi connectivity index (χ1v) is 10.2. The van der Waals surface area contributed by atoms with E-state index >= 15 is 0 Å². The van der Waals surface area contributed by atoms with E-state index in [1.54, 1.807) is 42.9 Å². The average Bonchev–Trinajstić information content (AvgIpc) is 3.32.